The van der Waals surface area contributed by atoms with Crippen LogP contribution in [0.1, 0.15) is 18.2 Å². The van der Waals surface area contributed by atoms with E-state index in [1.54, 1.807) is 0 Å². The zero-order valence-electron chi connectivity index (χ0n) is 6.92. The summed E-state index contributed by atoms with van der Waals surface area (Å²) in [7, 11) is 0. The van der Waals surface area contributed by atoms with Gasteiger partial charge in [-0.3, -0.25) is 4.90 Å². The molecular weight excluding hydrogens is 265 g/mol. The summed E-state index contributed by atoms with van der Waals surface area (Å²) in [6, 6.07) is 0. The van der Waals surface area contributed by atoms with Crippen LogP contribution in [-0.2, 0) is 13.1 Å². The molecule has 0 N–H and O–H groups in total. The van der Waals surface area contributed by atoms with Gasteiger partial charge in [0, 0.05) is 47.4 Å². The normalized spacial score (nSPS) is 16.5. The molecule has 1 aromatic rings. The summed E-state index contributed by atoms with van der Waals surface area (Å²) in [6.45, 7) is 5.27. The third-order valence-electron chi connectivity index (χ3n) is 2.14. The number of nitrogens with zero attached hydrogens (tertiary/aromatic N) is 3. The highest BCUT2D eigenvalue weighted by Gasteiger charge is 2.18. The molecule has 0 radical (unpaired) electrons. The average molecular weight is 275 g/mol. The molecule has 1 aliphatic rings. The second-order valence-corrected chi connectivity index (χ2v) is 3.88. The van der Waals surface area contributed by atoms with Crippen LogP contribution in [0.2, 0.25) is 0 Å². The predicted octanol–water partition coefficient (Wildman–Crippen LogP) is 1.42. The van der Waals surface area contributed by atoms with Gasteiger partial charge in [0.15, 0.2) is 3.83 Å². The van der Waals surface area contributed by atoms with Crippen LogP contribution in [0.4, 0.5) is 0 Å². The monoisotopic (exact) mass is 275 g/mol. The fraction of sp³-hybridized carbons (Fsp3) is 0.500. The maximum absolute atomic E-state index is 4.39. The molecule has 0 aliphatic carbocycles. The number of hydrogen-bond acceptors (Lipinski definition) is 3. The van der Waals surface area contributed by atoms with Gasteiger partial charge >= 0.3 is 0 Å². The quantitative estimate of drug-likeness (QED) is 0.573. The average Bonchev–Trinajstić information content (AvgIpc) is 2.46. The number of aromatic nitrogens is 2. The van der Waals surface area contributed by atoms with Gasteiger partial charge in [-0.1, -0.05) is 6.92 Å². The molecule has 0 amide bonds. The van der Waals surface area contributed by atoms with Gasteiger partial charge in [-0.15, -0.1) is 0 Å². The lowest BCUT2D eigenvalue weighted by Gasteiger charge is -2.08. The van der Waals surface area contributed by atoms with Crippen molar-refractivity contribution in [1.29, 1.82) is 0 Å². The van der Waals surface area contributed by atoms with Crippen molar-refractivity contribution >= 4 is 22.6 Å². The molecule has 0 fully saturated rings. The Labute approximate surface area is 85.3 Å². The van der Waals surface area contributed by atoms with E-state index in [2.05, 4.69) is 44.4 Å². The van der Waals surface area contributed by atoms with E-state index in [9.17, 15) is 0 Å². The van der Waals surface area contributed by atoms with Gasteiger partial charge in [0.25, 0.3) is 0 Å². The van der Waals surface area contributed by atoms with Gasteiger partial charge in [0.2, 0.25) is 0 Å². The molecule has 0 bridgehead atoms. The van der Waals surface area contributed by atoms with Crippen molar-refractivity contribution in [2.75, 3.05) is 6.54 Å². The molecule has 3 nitrogen and oxygen atoms in total. The van der Waals surface area contributed by atoms with Crippen LogP contribution in [0.5, 0.6) is 0 Å². The predicted molar refractivity (Wildman–Crippen MR) is 54.5 cm³/mol. The van der Waals surface area contributed by atoms with Crippen molar-refractivity contribution < 1.29 is 0 Å². The lowest BCUT2D eigenvalue weighted by molar-refractivity contribution is 0.299. The summed E-state index contributed by atoms with van der Waals surface area (Å²) < 4.78 is 0.851. The van der Waals surface area contributed by atoms with Crippen LogP contribution >= 0.6 is 22.6 Å². The summed E-state index contributed by atoms with van der Waals surface area (Å²) in [5.74, 6) is 0. The Hall–Kier alpha value is -0.230. The molecule has 0 spiro atoms. The SMILES string of the molecule is CCN1Cc2cnc(I)nc2C1. The van der Waals surface area contributed by atoms with Crippen molar-refractivity contribution in [2.45, 2.75) is 20.0 Å². The Kier molecular flexibility index (Phi) is 2.27. The maximum Gasteiger partial charge on any atom is 0.190 e. The summed E-state index contributed by atoms with van der Waals surface area (Å²) >= 11 is 2.15. The van der Waals surface area contributed by atoms with Crippen molar-refractivity contribution in [3.8, 4) is 0 Å². The lowest BCUT2D eigenvalue weighted by Crippen LogP contribution is -2.14. The molecule has 0 atom stereocenters. The Balaban J connectivity index is 2.30. The first kappa shape index (κ1) is 8.37. The first-order valence-corrected chi connectivity index (χ1v) is 5.10. The van der Waals surface area contributed by atoms with Gasteiger partial charge in [-0.05, 0) is 6.54 Å². The molecule has 0 saturated carbocycles. The van der Waals surface area contributed by atoms with Crippen LogP contribution in [0.3, 0.4) is 0 Å². The molecule has 1 aliphatic heterocycles. The van der Waals surface area contributed by atoms with Crippen LogP contribution in [0.15, 0.2) is 6.20 Å². The van der Waals surface area contributed by atoms with Gasteiger partial charge in [0.05, 0.1) is 5.69 Å². The van der Waals surface area contributed by atoms with Crippen LogP contribution in [0, 0.1) is 3.83 Å². The third-order valence-corrected chi connectivity index (χ3v) is 2.66. The third kappa shape index (κ3) is 1.45. The summed E-state index contributed by atoms with van der Waals surface area (Å²) in [5.41, 5.74) is 2.49. The smallest absolute Gasteiger partial charge is 0.190 e. The summed E-state index contributed by atoms with van der Waals surface area (Å²) in [5, 5.41) is 0. The Morgan fingerprint density at radius 2 is 2.42 bits per heavy atom. The molecule has 0 saturated heterocycles. The zero-order chi connectivity index (χ0) is 8.55. The fourth-order valence-electron chi connectivity index (χ4n) is 1.42. The topological polar surface area (TPSA) is 29.0 Å². The summed E-state index contributed by atoms with van der Waals surface area (Å²) in [4.78, 5) is 10.9. The highest BCUT2D eigenvalue weighted by atomic mass is 127. The second kappa shape index (κ2) is 3.26. The van der Waals surface area contributed by atoms with E-state index in [0.717, 1.165) is 23.5 Å². The number of hydrogen-bond donors (Lipinski definition) is 0. The minimum Gasteiger partial charge on any atom is -0.293 e. The van der Waals surface area contributed by atoms with Gasteiger partial charge in [-0.2, -0.15) is 0 Å². The van der Waals surface area contributed by atoms with Crippen LogP contribution in [0.25, 0.3) is 0 Å². The van der Waals surface area contributed by atoms with E-state index >= 15 is 0 Å². The van der Waals surface area contributed by atoms with E-state index in [1.807, 2.05) is 6.20 Å². The summed E-state index contributed by atoms with van der Waals surface area (Å²) in [6.07, 6.45) is 1.94. The minimum atomic E-state index is 0.851. The number of rotatable bonds is 1. The lowest BCUT2D eigenvalue weighted by atomic mass is 10.3. The minimum absolute atomic E-state index is 0.851. The molecule has 4 heteroatoms. The van der Waals surface area contributed by atoms with Crippen molar-refractivity contribution in [1.82, 2.24) is 14.9 Å². The highest BCUT2D eigenvalue weighted by Crippen LogP contribution is 2.19. The van der Waals surface area contributed by atoms with E-state index in [4.69, 9.17) is 0 Å². The van der Waals surface area contributed by atoms with Crippen molar-refractivity contribution in [3.63, 3.8) is 0 Å². The molecule has 0 unspecified atom stereocenters. The van der Waals surface area contributed by atoms with Crippen LogP contribution in [-0.4, -0.2) is 21.4 Å². The first-order chi connectivity index (χ1) is 5.79. The molecule has 1 aromatic heterocycles. The Morgan fingerprint density at radius 1 is 1.58 bits per heavy atom. The van der Waals surface area contributed by atoms with E-state index in [1.165, 1.54) is 11.3 Å². The van der Waals surface area contributed by atoms with Gasteiger partial charge in [-0.25, -0.2) is 9.97 Å². The molecule has 12 heavy (non-hydrogen) atoms. The number of halogens is 1. The molecule has 64 valence electrons. The molecule has 2 heterocycles. The van der Waals surface area contributed by atoms with Crippen molar-refractivity contribution in [3.05, 3.63) is 21.3 Å². The number of fused-ring (bicyclic) bond motifs is 1. The van der Waals surface area contributed by atoms with Gasteiger partial charge < -0.3 is 0 Å². The fourth-order valence-corrected chi connectivity index (χ4v) is 1.85. The molecule has 2 rings (SSSR count). The Morgan fingerprint density at radius 3 is 3.17 bits per heavy atom. The standard InChI is InChI=1S/C8H10IN3/c1-2-12-4-6-3-10-8(9)11-7(6)5-12/h3H,2,4-5H2,1H3. The van der Waals surface area contributed by atoms with E-state index in [-0.39, 0.29) is 0 Å². The van der Waals surface area contributed by atoms with Gasteiger partial charge in [0.1, 0.15) is 0 Å². The second-order valence-electron chi connectivity index (χ2n) is 2.91. The van der Waals surface area contributed by atoms with Crippen molar-refractivity contribution in [2.24, 2.45) is 0 Å². The molecule has 0 aromatic carbocycles. The molecular formula is C8H10IN3. The van der Waals surface area contributed by atoms with E-state index in [0.29, 0.717) is 0 Å². The highest BCUT2D eigenvalue weighted by molar-refractivity contribution is 14.1. The maximum atomic E-state index is 4.39. The first-order valence-electron chi connectivity index (χ1n) is 4.02. The largest absolute Gasteiger partial charge is 0.293 e. The van der Waals surface area contributed by atoms with E-state index < -0.39 is 0 Å². The zero-order valence-corrected chi connectivity index (χ0v) is 9.08. The Bertz CT molecular complexity index is 300. The van der Waals surface area contributed by atoms with Crippen LogP contribution < -0.4 is 0 Å².